The third-order valence-electron chi connectivity index (χ3n) is 6.22. The zero-order valence-electron chi connectivity index (χ0n) is 19.9. The van der Waals surface area contributed by atoms with E-state index in [9.17, 15) is 19.7 Å². The van der Waals surface area contributed by atoms with E-state index in [1.54, 1.807) is 18.1 Å². The van der Waals surface area contributed by atoms with Crippen LogP contribution in [0.4, 0.5) is 11.4 Å². The van der Waals surface area contributed by atoms with E-state index in [-0.39, 0.29) is 24.0 Å². The van der Waals surface area contributed by atoms with E-state index in [1.807, 2.05) is 49.9 Å². The molecule has 2 aromatic rings. The molecule has 2 aromatic carbocycles. The van der Waals surface area contributed by atoms with Crippen molar-refractivity contribution in [3.05, 3.63) is 63.7 Å². The number of non-ortho nitro benzene ring substituents is 1. The molecule has 0 aromatic heterocycles. The van der Waals surface area contributed by atoms with Crippen LogP contribution in [0.1, 0.15) is 50.8 Å². The molecule has 2 aliphatic heterocycles. The molecule has 2 amide bonds. The number of anilines is 1. The van der Waals surface area contributed by atoms with Gasteiger partial charge in [0, 0.05) is 42.0 Å². The highest BCUT2D eigenvalue weighted by Crippen LogP contribution is 2.42. The highest BCUT2D eigenvalue weighted by atomic mass is 16.6. The Kier molecular flexibility index (Phi) is 6.20. The van der Waals surface area contributed by atoms with Gasteiger partial charge in [0.15, 0.2) is 0 Å². The molecule has 0 spiro atoms. The molecule has 0 aliphatic carbocycles. The average molecular weight is 467 g/mol. The van der Waals surface area contributed by atoms with Crippen LogP contribution in [0.5, 0.6) is 5.75 Å². The van der Waals surface area contributed by atoms with Crippen LogP contribution in [0, 0.1) is 10.1 Å². The zero-order chi connectivity index (χ0) is 24.6. The van der Waals surface area contributed by atoms with Gasteiger partial charge in [-0.05, 0) is 57.4 Å². The van der Waals surface area contributed by atoms with E-state index in [1.165, 1.54) is 12.1 Å². The fourth-order valence-electron chi connectivity index (χ4n) is 4.75. The maximum atomic E-state index is 13.9. The Labute approximate surface area is 198 Å². The second-order valence-electron chi connectivity index (χ2n) is 9.81. The Morgan fingerprint density at radius 3 is 2.53 bits per heavy atom. The summed E-state index contributed by atoms with van der Waals surface area (Å²) in [6, 6.07) is 10.5. The van der Waals surface area contributed by atoms with Crippen molar-refractivity contribution in [2.24, 2.45) is 0 Å². The average Bonchev–Trinajstić information content (AvgIpc) is 3.24. The number of nitrogens with one attached hydrogen (secondary N) is 1. The molecule has 0 saturated carbocycles. The number of hydrogen-bond acceptors (Lipinski definition) is 6. The lowest BCUT2D eigenvalue weighted by atomic mass is 9.98. The topological polar surface area (TPSA) is 105 Å². The van der Waals surface area contributed by atoms with Gasteiger partial charge in [-0.15, -0.1) is 0 Å². The summed E-state index contributed by atoms with van der Waals surface area (Å²) in [6.45, 7) is 6.44. The molecule has 180 valence electrons. The summed E-state index contributed by atoms with van der Waals surface area (Å²) in [5, 5.41) is 14.6. The standard InChI is InChI=1S/C25H30N4O5/c1-25(2,3)26-23(30)22-19-14-17(29(32)33)9-12-20(19)27-13-5-6-21(27)24(31)28(22)15-16-7-10-18(34-4)11-8-16/h7-12,14,21-22H,5-6,13,15H2,1-4H3,(H,26,30)/t21-,22-/m0/s1. The molecule has 1 fully saturated rings. The number of amides is 2. The summed E-state index contributed by atoms with van der Waals surface area (Å²) >= 11 is 0. The first-order chi connectivity index (χ1) is 16.1. The molecule has 9 heteroatoms. The van der Waals surface area contributed by atoms with E-state index in [2.05, 4.69) is 5.32 Å². The fourth-order valence-corrected chi connectivity index (χ4v) is 4.75. The molecule has 9 nitrogen and oxygen atoms in total. The number of nitro benzene ring substituents is 1. The number of fused-ring (bicyclic) bond motifs is 3. The maximum Gasteiger partial charge on any atom is 0.269 e. The lowest BCUT2D eigenvalue weighted by Crippen LogP contribution is -2.50. The van der Waals surface area contributed by atoms with Gasteiger partial charge in [-0.2, -0.15) is 0 Å². The van der Waals surface area contributed by atoms with Gasteiger partial charge in [-0.1, -0.05) is 12.1 Å². The van der Waals surface area contributed by atoms with Crippen LogP contribution in [0.3, 0.4) is 0 Å². The number of carbonyl (C=O) groups excluding carboxylic acids is 2. The van der Waals surface area contributed by atoms with Crippen LogP contribution in [0.15, 0.2) is 42.5 Å². The molecule has 2 aliphatic rings. The molecule has 2 heterocycles. The molecule has 34 heavy (non-hydrogen) atoms. The number of rotatable bonds is 5. The normalized spacial score (nSPS) is 19.8. The minimum Gasteiger partial charge on any atom is -0.497 e. The number of hydrogen-bond donors (Lipinski definition) is 1. The second-order valence-corrected chi connectivity index (χ2v) is 9.81. The number of nitrogens with zero attached hydrogens (tertiary/aromatic N) is 3. The third-order valence-corrected chi connectivity index (χ3v) is 6.22. The minimum atomic E-state index is -1.01. The van der Waals surface area contributed by atoms with Crippen LogP contribution in [0.25, 0.3) is 0 Å². The van der Waals surface area contributed by atoms with Crippen molar-refractivity contribution >= 4 is 23.2 Å². The van der Waals surface area contributed by atoms with Crippen LogP contribution in [0.2, 0.25) is 0 Å². The molecule has 0 bridgehead atoms. The summed E-state index contributed by atoms with van der Waals surface area (Å²) in [7, 11) is 1.58. The summed E-state index contributed by atoms with van der Waals surface area (Å²) in [5.41, 5.74) is 1.35. The van der Waals surface area contributed by atoms with Crippen molar-refractivity contribution in [1.29, 1.82) is 0 Å². The first kappa shape index (κ1) is 23.5. The Bertz CT molecular complexity index is 1110. The van der Waals surface area contributed by atoms with Gasteiger partial charge in [0.1, 0.15) is 17.8 Å². The number of methoxy groups -OCH3 is 1. The van der Waals surface area contributed by atoms with Gasteiger partial charge in [0.2, 0.25) is 11.8 Å². The summed E-state index contributed by atoms with van der Waals surface area (Å²) in [5.74, 6) is 0.175. The van der Waals surface area contributed by atoms with E-state index in [0.717, 1.165) is 12.0 Å². The van der Waals surface area contributed by atoms with Crippen molar-refractivity contribution in [3.63, 3.8) is 0 Å². The maximum absolute atomic E-state index is 13.9. The van der Waals surface area contributed by atoms with E-state index in [0.29, 0.717) is 30.0 Å². The lowest BCUT2D eigenvalue weighted by Gasteiger charge is -2.33. The Hall–Kier alpha value is -3.62. The molecular formula is C25H30N4O5. The van der Waals surface area contributed by atoms with Crippen LogP contribution >= 0.6 is 0 Å². The molecule has 0 unspecified atom stereocenters. The van der Waals surface area contributed by atoms with E-state index >= 15 is 0 Å². The first-order valence-electron chi connectivity index (χ1n) is 11.4. The van der Waals surface area contributed by atoms with Crippen molar-refractivity contribution < 1.29 is 19.2 Å². The first-order valence-corrected chi connectivity index (χ1v) is 11.4. The monoisotopic (exact) mass is 466 g/mol. The molecule has 2 atom stereocenters. The second kappa shape index (κ2) is 8.96. The fraction of sp³-hybridized carbons (Fsp3) is 0.440. The van der Waals surface area contributed by atoms with Crippen molar-refractivity contribution in [1.82, 2.24) is 10.2 Å². The molecule has 1 N–H and O–H groups in total. The van der Waals surface area contributed by atoms with Gasteiger partial charge in [0.25, 0.3) is 5.69 Å². The van der Waals surface area contributed by atoms with Crippen molar-refractivity contribution in [2.45, 2.75) is 57.8 Å². The predicted octanol–water partition coefficient (Wildman–Crippen LogP) is 3.57. The molecule has 0 radical (unpaired) electrons. The minimum absolute atomic E-state index is 0.109. The molecular weight excluding hydrogens is 436 g/mol. The Balaban J connectivity index is 1.86. The van der Waals surface area contributed by atoms with Crippen LogP contribution in [-0.2, 0) is 16.1 Å². The zero-order valence-corrected chi connectivity index (χ0v) is 19.9. The van der Waals surface area contributed by atoms with Crippen molar-refractivity contribution in [3.8, 4) is 5.75 Å². The Morgan fingerprint density at radius 1 is 1.21 bits per heavy atom. The summed E-state index contributed by atoms with van der Waals surface area (Å²) in [4.78, 5) is 42.2. The smallest absolute Gasteiger partial charge is 0.269 e. The summed E-state index contributed by atoms with van der Waals surface area (Å²) in [6.07, 6.45) is 1.50. The number of nitro groups is 1. The van der Waals surface area contributed by atoms with E-state index in [4.69, 9.17) is 4.74 Å². The van der Waals surface area contributed by atoms with Crippen LogP contribution < -0.4 is 15.0 Å². The largest absolute Gasteiger partial charge is 0.497 e. The Morgan fingerprint density at radius 2 is 1.91 bits per heavy atom. The summed E-state index contributed by atoms with van der Waals surface area (Å²) < 4.78 is 5.24. The molecule has 4 rings (SSSR count). The molecule has 1 saturated heterocycles. The van der Waals surface area contributed by atoms with Gasteiger partial charge in [-0.3, -0.25) is 19.7 Å². The highest BCUT2D eigenvalue weighted by molar-refractivity contribution is 5.96. The van der Waals surface area contributed by atoms with Gasteiger partial charge in [-0.25, -0.2) is 0 Å². The third kappa shape index (κ3) is 4.55. The van der Waals surface area contributed by atoms with E-state index < -0.39 is 22.5 Å². The number of carbonyl (C=O) groups is 2. The van der Waals surface area contributed by atoms with Gasteiger partial charge < -0.3 is 19.9 Å². The van der Waals surface area contributed by atoms with Crippen molar-refractivity contribution in [2.75, 3.05) is 18.6 Å². The lowest BCUT2D eigenvalue weighted by molar-refractivity contribution is -0.384. The van der Waals surface area contributed by atoms with Gasteiger partial charge in [0.05, 0.1) is 12.0 Å². The number of ether oxygens (including phenoxy) is 1. The predicted molar refractivity (Wildman–Crippen MR) is 128 cm³/mol. The quantitative estimate of drug-likeness (QED) is 0.534. The number of benzene rings is 2. The SMILES string of the molecule is COc1ccc(CN2C(=O)[C@@H]3CCCN3c3ccc([N+](=O)[O-])cc3[C@H]2C(=O)NC(C)(C)C)cc1. The highest BCUT2D eigenvalue weighted by Gasteiger charge is 2.45. The van der Waals surface area contributed by atoms with Gasteiger partial charge >= 0.3 is 0 Å². The van der Waals surface area contributed by atoms with Crippen LogP contribution in [-0.4, -0.2) is 46.9 Å².